The van der Waals surface area contributed by atoms with Gasteiger partial charge in [-0.1, -0.05) is 30.7 Å². The Balaban J connectivity index is 2.10. The van der Waals surface area contributed by atoms with Crippen molar-refractivity contribution in [3.63, 3.8) is 0 Å². The summed E-state index contributed by atoms with van der Waals surface area (Å²) in [4.78, 5) is 0. The molecule has 0 aliphatic carbocycles. The number of nitrogens with one attached hydrogen (secondary N) is 1. The molecule has 19 heavy (non-hydrogen) atoms. The van der Waals surface area contributed by atoms with E-state index in [2.05, 4.69) is 31.3 Å². The molecular formula is C16H18ClNO. The van der Waals surface area contributed by atoms with E-state index in [1.165, 1.54) is 5.56 Å². The van der Waals surface area contributed by atoms with Gasteiger partial charge in [-0.15, -0.1) is 0 Å². The Labute approximate surface area is 119 Å². The van der Waals surface area contributed by atoms with Crippen LogP contribution in [-0.2, 0) is 6.54 Å². The number of aryl methyl sites for hydroxylation is 1. The second-order valence-electron chi connectivity index (χ2n) is 4.44. The minimum Gasteiger partial charge on any atom is -0.457 e. The normalized spacial score (nSPS) is 10.5. The molecule has 0 saturated carbocycles. The molecular weight excluding hydrogens is 258 g/mol. The molecule has 2 rings (SSSR count). The van der Waals surface area contributed by atoms with Crippen LogP contribution in [0.4, 0.5) is 0 Å². The molecule has 2 aromatic rings. The fourth-order valence-electron chi connectivity index (χ4n) is 1.83. The fourth-order valence-corrected chi connectivity index (χ4v) is 1.96. The van der Waals surface area contributed by atoms with Gasteiger partial charge in [0.1, 0.15) is 11.5 Å². The van der Waals surface area contributed by atoms with Crippen molar-refractivity contribution in [3.8, 4) is 11.5 Å². The number of hydrogen-bond acceptors (Lipinski definition) is 2. The van der Waals surface area contributed by atoms with Crippen molar-refractivity contribution in [2.45, 2.75) is 20.4 Å². The number of halogens is 1. The van der Waals surface area contributed by atoms with Crippen molar-refractivity contribution in [3.05, 3.63) is 58.6 Å². The van der Waals surface area contributed by atoms with Crippen molar-refractivity contribution in [2.24, 2.45) is 0 Å². The van der Waals surface area contributed by atoms with Crippen molar-refractivity contribution < 1.29 is 4.74 Å². The third kappa shape index (κ3) is 3.98. The zero-order valence-electron chi connectivity index (χ0n) is 11.2. The summed E-state index contributed by atoms with van der Waals surface area (Å²) >= 11 is 5.85. The van der Waals surface area contributed by atoms with Gasteiger partial charge in [-0.3, -0.25) is 0 Å². The van der Waals surface area contributed by atoms with Crippen LogP contribution in [-0.4, -0.2) is 6.54 Å². The molecule has 0 unspecified atom stereocenters. The molecule has 2 aromatic carbocycles. The lowest BCUT2D eigenvalue weighted by atomic mass is 10.1. The van der Waals surface area contributed by atoms with Crippen LogP contribution in [0.15, 0.2) is 42.5 Å². The Kier molecular flexibility index (Phi) is 4.83. The first-order valence-corrected chi connectivity index (χ1v) is 6.80. The van der Waals surface area contributed by atoms with Crippen molar-refractivity contribution in [2.75, 3.05) is 6.54 Å². The molecule has 1 N–H and O–H groups in total. The third-order valence-corrected chi connectivity index (χ3v) is 3.11. The van der Waals surface area contributed by atoms with Crippen molar-refractivity contribution in [1.29, 1.82) is 0 Å². The van der Waals surface area contributed by atoms with Crippen molar-refractivity contribution >= 4 is 11.6 Å². The van der Waals surface area contributed by atoms with Gasteiger partial charge in [0, 0.05) is 11.6 Å². The topological polar surface area (TPSA) is 21.3 Å². The van der Waals surface area contributed by atoms with Crippen LogP contribution >= 0.6 is 11.6 Å². The minimum absolute atomic E-state index is 0.713. The summed E-state index contributed by atoms with van der Waals surface area (Å²) in [6, 6.07) is 13.6. The van der Waals surface area contributed by atoms with Crippen LogP contribution in [0.25, 0.3) is 0 Å². The monoisotopic (exact) mass is 275 g/mol. The largest absolute Gasteiger partial charge is 0.457 e. The Bertz CT molecular complexity index is 537. The lowest BCUT2D eigenvalue weighted by Crippen LogP contribution is -2.11. The van der Waals surface area contributed by atoms with Gasteiger partial charge in [0.2, 0.25) is 0 Å². The summed E-state index contributed by atoms with van der Waals surface area (Å²) in [7, 11) is 0. The maximum Gasteiger partial charge on any atom is 0.130 e. The number of benzene rings is 2. The van der Waals surface area contributed by atoms with Gasteiger partial charge in [-0.2, -0.15) is 0 Å². The first kappa shape index (κ1) is 13.9. The minimum atomic E-state index is 0.713. The highest BCUT2D eigenvalue weighted by Crippen LogP contribution is 2.26. The summed E-state index contributed by atoms with van der Waals surface area (Å²) in [5.41, 5.74) is 2.40. The van der Waals surface area contributed by atoms with Gasteiger partial charge in [-0.05, 0) is 54.9 Å². The summed E-state index contributed by atoms with van der Waals surface area (Å²) in [5.74, 6) is 1.68. The van der Waals surface area contributed by atoms with Crippen LogP contribution in [0.5, 0.6) is 11.5 Å². The molecule has 0 amide bonds. The van der Waals surface area contributed by atoms with E-state index < -0.39 is 0 Å². The van der Waals surface area contributed by atoms with Crippen LogP contribution in [0, 0.1) is 6.92 Å². The number of ether oxygens (including phenoxy) is 1. The smallest absolute Gasteiger partial charge is 0.130 e. The SMILES string of the molecule is CCNCc1ccc(Oc2ccc(Cl)cc2)c(C)c1. The molecule has 0 heterocycles. The molecule has 0 atom stereocenters. The first-order valence-electron chi connectivity index (χ1n) is 6.42. The molecule has 0 aliphatic heterocycles. The predicted octanol–water partition coefficient (Wildman–Crippen LogP) is 4.55. The van der Waals surface area contributed by atoms with E-state index in [-0.39, 0.29) is 0 Å². The van der Waals surface area contributed by atoms with Crippen LogP contribution in [0.2, 0.25) is 5.02 Å². The van der Waals surface area contributed by atoms with E-state index in [9.17, 15) is 0 Å². The van der Waals surface area contributed by atoms with E-state index in [0.717, 1.165) is 30.2 Å². The zero-order valence-corrected chi connectivity index (χ0v) is 12.0. The highest BCUT2D eigenvalue weighted by atomic mass is 35.5. The molecule has 2 nitrogen and oxygen atoms in total. The second kappa shape index (κ2) is 6.60. The summed E-state index contributed by atoms with van der Waals surface area (Å²) in [5, 5.41) is 4.02. The average Bonchev–Trinajstić information content (AvgIpc) is 2.41. The van der Waals surface area contributed by atoms with Crippen LogP contribution in [0.3, 0.4) is 0 Å². The Morgan fingerprint density at radius 3 is 2.47 bits per heavy atom. The van der Waals surface area contributed by atoms with Gasteiger partial charge in [0.25, 0.3) is 0 Å². The number of rotatable bonds is 5. The van der Waals surface area contributed by atoms with Gasteiger partial charge in [-0.25, -0.2) is 0 Å². The molecule has 100 valence electrons. The van der Waals surface area contributed by atoms with Crippen molar-refractivity contribution in [1.82, 2.24) is 5.32 Å². The van der Waals surface area contributed by atoms with E-state index >= 15 is 0 Å². The van der Waals surface area contributed by atoms with E-state index in [4.69, 9.17) is 16.3 Å². The zero-order chi connectivity index (χ0) is 13.7. The standard InChI is InChI=1S/C16H18ClNO/c1-3-18-11-13-4-9-16(12(2)10-13)19-15-7-5-14(17)6-8-15/h4-10,18H,3,11H2,1-2H3. The first-order chi connectivity index (χ1) is 9.19. The molecule has 0 aromatic heterocycles. The third-order valence-electron chi connectivity index (χ3n) is 2.86. The lowest BCUT2D eigenvalue weighted by molar-refractivity contribution is 0.478. The summed E-state index contributed by atoms with van der Waals surface area (Å²) < 4.78 is 5.84. The van der Waals surface area contributed by atoms with Gasteiger partial charge >= 0.3 is 0 Å². The molecule has 3 heteroatoms. The second-order valence-corrected chi connectivity index (χ2v) is 4.87. The highest BCUT2D eigenvalue weighted by Gasteiger charge is 2.03. The van der Waals surface area contributed by atoms with E-state index in [0.29, 0.717) is 5.02 Å². The van der Waals surface area contributed by atoms with Gasteiger partial charge < -0.3 is 10.1 Å². The Hall–Kier alpha value is -1.51. The fraction of sp³-hybridized carbons (Fsp3) is 0.250. The summed E-state index contributed by atoms with van der Waals surface area (Å²) in [6.07, 6.45) is 0. The molecule has 0 aliphatic rings. The predicted molar refractivity (Wildman–Crippen MR) is 80.1 cm³/mol. The van der Waals surface area contributed by atoms with Gasteiger partial charge in [0.15, 0.2) is 0 Å². The molecule has 0 bridgehead atoms. The Morgan fingerprint density at radius 1 is 1.11 bits per heavy atom. The van der Waals surface area contributed by atoms with Gasteiger partial charge in [0.05, 0.1) is 0 Å². The van der Waals surface area contributed by atoms with Crippen LogP contribution in [0.1, 0.15) is 18.1 Å². The molecule has 0 radical (unpaired) electrons. The average molecular weight is 276 g/mol. The van der Waals surface area contributed by atoms with E-state index in [1.807, 2.05) is 30.3 Å². The quantitative estimate of drug-likeness (QED) is 0.864. The number of hydrogen-bond donors (Lipinski definition) is 1. The molecule has 0 saturated heterocycles. The molecule has 0 spiro atoms. The highest BCUT2D eigenvalue weighted by molar-refractivity contribution is 6.30. The maximum absolute atomic E-state index is 5.85. The summed E-state index contributed by atoms with van der Waals surface area (Å²) in [6.45, 7) is 6.02. The molecule has 0 fully saturated rings. The van der Waals surface area contributed by atoms with E-state index in [1.54, 1.807) is 0 Å². The van der Waals surface area contributed by atoms with Crippen LogP contribution < -0.4 is 10.1 Å². The lowest BCUT2D eigenvalue weighted by Gasteiger charge is -2.10. The Morgan fingerprint density at radius 2 is 1.84 bits per heavy atom. The maximum atomic E-state index is 5.85.